The van der Waals surface area contributed by atoms with Crippen LogP contribution in [0.4, 0.5) is 13.2 Å². The average Bonchev–Trinajstić information content (AvgIpc) is 3.16. The lowest BCUT2D eigenvalue weighted by Crippen LogP contribution is -2.43. The Morgan fingerprint density at radius 3 is 2.52 bits per heavy atom. The van der Waals surface area contributed by atoms with E-state index in [1.165, 1.54) is 22.6 Å². The molecule has 156 valence electrons. The van der Waals surface area contributed by atoms with Gasteiger partial charge in [-0.15, -0.1) is 24.5 Å². The number of carbonyl (C=O) groups excluding carboxylic acids is 1. The summed E-state index contributed by atoms with van der Waals surface area (Å²) in [6.45, 7) is 3.82. The van der Waals surface area contributed by atoms with Gasteiger partial charge in [-0.1, -0.05) is 12.1 Å². The Labute approximate surface area is 171 Å². The fourth-order valence-corrected chi connectivity index (χ4v) is 4.98. The number of alkyl halides is 3. The van der Waals surface area contributed by atoms with E-state index in [-0.39, 0.29) is 17.6 Å². The molecule has 2 aromatic rings. The van der Waals surface area contributed by atoms with Crippen molar-refractivity contribution in [1.82, 2.24) is 9.80 Å². The van der Waals surface area contributed by atoms with Crippen LogP contribution >= 0.6 is 11.3 Å². The van der Waals surface area contributed by atoms with Crippen molar-refractivity contribution in [2.24, 2.45) is 5.92 Å². The van der Waals surface area contributed by atoms with Crippen molar-refractivity contribution in [2.75, 3.05) is 19.6 Å². The first kappa shape index (κ1) is 20.2. The quantitative estimate of drug-likeness (QED) is 0.727. The van der Waals surface area contributed by atoms with E-state index in [1.807, 2.05) is 4.90 Å². The minimum atomic E-state index is -4.67. The molecule has 1 aromatic heterocycles. The number of hydrogen-bond acceptors (Lipinski definition) is 4. The van der Waals surface area contributed by atoms with Crippen molar-refractivity contribution in [2.45, 2.75) is 38.7 Å². The Morgan fingerprint density at radius 2 is 1.83 bits per heavy atom. The predicted octanol–water partition coefficient (Wildman–Crippen LogP) is 4.44. The SMILES string of the molecule is O=C(C1CCN(Cc2ccc(OC(F)(F)F)cc2)CC1)N1CCc2sccc2C1. The van der Waals surface area contributed by atoms with Crippen molar-refractivity contribution in [3.8, 4) is 5.75 Å². The van der Waals surface area contributed by atoms with Gasteiger partial charge in [0.05, 0.1) is 0 Å². The molecule has 8 heteroatoms. The molecule has 2 aliphatic rings. The fraction of sp³-hybridized carbons (Fsp3) is 0.476. The Balaban J connectivity index is 1.26. The second kappa shape index (κ2) is 8.36. The average molecular weight is 424 g/mol. The van der Waals surface area contributed by atoms with E-state index < -0.39 is 6.36 Å². The van der Waals surface area contributed by atoms with Crippen molar-refractivity contribution in [1.29, 1.82) is 0 Å². The summed E-state index contributed by atoms with van der Waals surface area (Å²) in [6.07, 6.45) is -2.08. The van der Waals surface area contributed by atoms with E-state index in [0.717, 1.165) is 51.0 Å². The topological polar surface area (TPSA) is 32.8 Å². The second-order valence-electron chi connectivity index (χ2n) is 7.62. The zero-order valence-corrected chi connectivity index (χ0v) is 16.8. The monoisotopic (exact) mass is 424 g/mol. The molecule has 0 unspecified atom stereocenters. The van der Waals surface area contributed by atoms with E-state index >= 15 is 0 Å². The largest absolute Gasteiger partial charge is 0.573 e. The standard InChI is InChI=1S/C21H23F3N2O2S/c22-21(23,24)28-18-3-1-15(2-4-18)13-25-9-5-16(6-10-25)20(27)26-11-7-19-17(14-26)8-12-29-19/h1-4,8,12,16H,5-7,9-11,13-14H2. The molecule has 4 nitrogen and oxygen atoms in total. The van der Waals surface area contributed by atoms with Crippen LogP contribution in [0, 0.1) is 5.92 Å². The van der Waals surface area contributed by atoms with Gasteiger partial charge in [0.15, 0.2) is 0 Å². The summed E-state index contributed by atoms with van der Waals surface area (Å²) < 4.78 is 40.6. The maximum atomic E-state index is 12.9. The molecule has 0 radical (unpaired) electrons. The minimum absolute atomic E-state index is 0.0639. The number of benzene rings is 1. The first-order valence-corrected chi connectivity index (χ1v) is 10.7. The van der Waals surface area contributed by atoms with Gasteiger partial charge in [-0.25, -0.2) is 0 Å². The smallest absolute Gasteiger partial charge is 0.406 e. The summed E-state index contributed by atoms with van der Waals surface area (Å²) in [7, 11) is 0. The highest BCUT2D eigenvalue weighted by molar-refractivity contribution is 7.10. The molecule has 1 aromatic carbocycles. The number of nitrogens with zero attached hydrogens (tertiary/aromatic N) is 2. The van der Waals surface area contributed by atoms with Crippen LogP contribution in [0.3, 0.4) is 0 Å². The highest BCUT2D eigenvalue weighted by Gasteiger charge is 2.32. The minimum Gasteiger partial charge on any atom is -0.406 e. The van der Waals surface area contributed by atoms with Crippen LogP contribution in [0.1, 0.15) is 28.8 Å². The van der Waals surface area contributed by atoms with E-state index in [1.54, 1.807) is 23.5 Å². The number of fused-ring (bicyclic) bond motifs is 1. The molecule has 1 saturated heterocycles. The van der Waals surface area contributed by atoms with Gasteiger partial charge in [0.25, 0.3) is 0 Å². The number of likely N-dealkylation sites (tertiary alicyclic amines) is 1. The summed E-state index contributed by atoms with van der Waals surface area (Å²) in [6, 6.07) is 8.12. The van der Waals surface area contributed by atoms with Crippen molar-refractivity contribution in [3.05, 3.63) is 51.7 Å². The van der Waals surface area contributed by atoms with E-state index in [9.17, 15) is 18.0 Å². The van der Waals surface area contributed by atoms with Crippen molar-refractivity contribution >= 4 is 17.2 Å². The lowest BCUT2D eigenvalue weighted by molar-refractivity contribution is -0.274. The first-order valence-electron chi connectivity index (χ1n) is 9.78. The Hall–Kier alpha value is -2.06. The van der Waals surface area contributed by atoms with Crippen LogP contribution in [0.15, 0.2) is 35.7 Å². The number of hydrogen-bond donors (Lipinski definition) is 0. The van der Waals surface area contributed by atoms with Gasteiger partial charge in [-0.2, -0.15) is 0 Å². The van der Waals surface area contributed by atoms with Crippen LogP contribution < -0.4 is 4.74 Å². The first-order chi connectivity index (χ1) is 13.9. The predicted molar refractivity (Wildman–Crippen MR) is 105 cm³/mol. The Bertz CT molecular complexity index is 842. The molecule has 2 aliphatic heterocycles. The van der Waals surface area contributed by atoms with Crippen molar-refractivity contribution < 1.29 is 22.7 Å². The lowest BCUT2D eigenvalue weighted by Gasteiger charge is -2.35. The number of thiophene rings is 1. The maximum Gasteiger partial charge on any atom is 0.573 e. The molecule has 0 bridgehead atoms. The number of rotatable bonds is 4. The lowest BCUT2D eigenvalue weighted by atomic mass is 9.94. The molecule has 0 saturated carbocycles. The third-order valence-corrected chi connectivity index (χ3v) is 6.64. The number of amides is 1. The van der Waals surface area contributed by atoms with Crippen LogP contribution in [-0.4, -0.2) is 41.7 Å². The molecular weight excluding hydrogens is 401 g/mol. The molecule has 0 spiro atoms. The van der Waals surface area contributed by atoms with Gasteiger partial charge in [-0.05, 0) is 67.1 Å². The van der Waals surface area contributed by atoms with Gasteiger partial charge in [0.1, 0.15) is 5.75 Å². The summed E-state index contributed by atoms with van der Waals surface area (Å²) in [5.41, 5.74) is 2.22. The maximum absolute atomic E-state index is 12.9. The summed E-state index contributed by atoms with van der Waals surface area (Å²) in [5, 5.41) is 2.10. The van der Waals surface area contributed by atoms with Gasteiger partial charge in [-0.3, -0.25) is 9.69 Å². The molecule has 3 heterocycles. The highest BCUT2D eigenvalue weighted by Crippen LogP contribution is 2.28. The van der Waals surface area contributed by atoms with E-state index in [2.05, 4.69) is 21.1 Å². The van der Waals surface area contributed by atoms with Gasteiger partial charge in [0, 0.05) is 30.4 Å². The molecule has 1 fully saturated rings. The van der Waals surface area contributed by atoms with Gasteiger partial charge >= 0.3 is 6.36 Å². The van der Waals surface area contributed by atoms with Crippen LogP contribution in [0.5, 0.6) is 5.75 Å². The third-order valence-electron chi connectivity index (χ3n) is 5.62. The molecule has 0 N–H and O–H groups in total. The highest BCUT2D eigenvalue weighted by atomic mass is 32.1. The molecule has 29 heavy (non-hydrogen) atoms. The van der Waals surface area contributed by atoms with Gasteiger partial charge in [0.2, 0.25) is 5.91 Å². The van der Waals surface area contributed by atoms with Crippen LogP contribution in [-0.2, 0) is 24.3 Å². The molecule has 4 rings (SSSR count). The van der Waals surface area contributed by atoms with Crippen molar-refractivity contribution in [3.63, 3.8) is 0 Å². The summed E-state index contributed by atoms with van der Waals surface area (Å²) in [5.74, 6) is 0.116. The zero-order chi connectivity index (χ0) is 20.4. The van der Waals surface area contributed by atoms with E-state index in [0.29, 0.717) is 6.54 Å². The number of carbonyl (C=O) groups is 1. The number of piperidine rings is 1. The molecule has 0 atom stereocenters. The number of ether oxygens (including phenoxy) is 1. The normalized spacial score (nSPS) is 18.5. The molecular formula is C21H23F3N2O2S. The third kappa shape index (κ3) is 5.11. The Kier molecular flexibility index (Phi) is 5.83. The molecule has 1 amide bonds. The van der Waals surface area contributed by atoms with Crippen LogP contribution in [0.25, 0.3) is 0 Å². The second-order valence-corrected chi connectivity index (χ2v) is 8.62. The van der Waals surface area contributed by atoms with Gasteiger partial charge < -0.3 is 9.64 Å². The number of halogens is 3. The van der Waals surface area contributed by atoms with Crippen LogP contribution in [0.2, 0.25) is 0 Å². The Morgan fingerprint density at radius 1 is 1.10 bits per heavy atom. The fourth-order valence-electron chi connectivity index (χ4n) is 4.09. The van der Waals surface area contributed by atoms with E-state index in [4.69, 9.17) is 0 Å². The summed E-state index contributed by atoms with van der Waals surface area (Å²) in [4.78, 5) is 18.5. The summed E-state index contributed by atoms with van der Waals surface area (Å²) >= 11 is 1.77. The zero-order valence-electron chi connectivity index (χ0n) is 16.0. The molecule has 0 aliphatic carbocycles.